The van der Waals surface area contributed by atoms with Crippen LogP contribution in [0.15, 0.2) is 24.3 Å². The minimum atomic E-state index is -0.433. The van der Waals surface area contributed by atoms with Gasteiger partial charge in [-0.2, -0.15) is 0 Å². The molecule has 148 valence electrons. The number of benzene rings is 1. The van der Waals surface area contributed by atoms with Crippen molar-refractivity contribution in [2.24, 2.45) is 11.1 Å². The normalized spacial score (nSPS) is 23.4. The lowest BCUT2D eigenvalue weighted by Crippen LogP contribution is -2.52. The van der Waals surface area contributed by atoms with Crippen LogP contribution in [-0.2, 0) is 4.79 Å². The van der Waals surface area contributed by atoms with Gasteiger partial charge in [0, 0.05) is 31.2 Å². The van der Waals surface area contributed by atoms with Gasteiger partial charge >= 0.3 is 0 Å². The summed E-state index contributed by atoms with van der Waals surface area (Å²) in [5, 5.41) is 0. The Hall–Kier alpha value is -2.08. The second kappa shape index (κ2) is 8.30. The van der Waals surface area contributed by atoms with Gasteiger partial charge in [-0.15, -0.1) is 0 Å². The van der Waals surface area contributed by atoms with E-state index in [-0.39, 0.29) is 11.5 Å². The molecule has 3 rings (SSSR count). The summed E-state index contributed by atoms with van der Waals surface area (Å²) in [6.45, 7) is 8.55. The van der Waals surface area contributed by atoms with Gasteiger partial charge in [0.15, 0.2) is 0 Å². The zero-order valence-corrected chi connectivity index (χ0v) is 16.4. The van der Waals surface area contributed by atoms with Crippen LogP contribution in [0, 0.1) is 5.41 Å². The van der Waals surface area contributed by atoms with E-state index in [2.05, 4.69) is 23.6 Å². The fourth-order valence-electron chi connectivity index (χ4n) is 4.31. The van der Waals surface area contributed by atoms with Crippen molar-refractivity contribution < 1.29 is 14.3 Å². The molecule has 0 aromatic heterocycles. The maximum Gasteiger partial charge on any atom is 0.248 e. The highest BCUT2D eigenvalue weighted by Gasteiger charge is 2.48. The summed E-state index contributed by atoms with van der Waals surface area (Å²) in [4.78, 5) is 28.5. The Morgan fingerprint density at radius 2 is 1.96 bits per heavy atom. The molecule has 2 saturated heterocycles. The summed E-state index contributed by atoms with van der Waals surface area (Å²) in [6, 6.07) is 7.19. The molecular formula is C21H31N3O3. The van der Waals surface area contributed by atoms with Crippen molar-refractivity contribution in [2.45, 2.75) is 45.6 Å². The topological polar surface area (TPSA) is 75.9 Å². The molecule has 0 bridgehead atoms. The molecule has 0 unspecified atom stereocenters. The number of hydrogen-bond acceptors (Lipinski definition) is 4. The lowest BCUT2D eigenvalue weighted by Gasteiger charge is -2.41. The van der Waals surface area contributed by atoms with E-state index >= 15 is 0 Å². The van der Waals surface area contributed by atoms with Gasteiger partial charge in [0.05, 0.1) is 12.0 Å². The Morgan fingerprint density at radius 3 is 2.63 bits per heavy atom. The fourth-order valence-corrected chi connectivity index (χ4v) is 4.31. The molecule has 1 spiro atoms. The molecule has 2 aliphatic heterocycles. The van der Waals surface area contributed by atoms with Crippen molar-refractivity contribution >= 4 is 11.8 Å². The van der Waals surface area contributed by atoms with Crippen LogP contribution in [0.4, 0.5) is 0 Å². The van der Waals surface area contributed by atoms with Crippen molar-refractivity contribution in [1.82, 2.24) is 9.80 Å². The van der Waals surface area contributed by atoms with Gasteiger partial charge in [-0.3, -0.25) is 9.59 Å². The van der Waals surface area contributed by atoms with Crippen LogP contribution < -0.4 is 10.5 Å². The summed E-state index contributed by atoms with van der Waals surface area (Å²) >= 11 is 0. The standard InChI is InChI=1S/C21H31N3O3/c1-16(2)24-12-3-9-21(20(24)26)10-13-23(15-21)11-4-14-27-18-7-5-17(6-8-18)19(22)25/h5-8,16H,3-4,9-15H2,1-2H3,(H2,22,25)/t21-/m0/s1. The van der Waals surface area contributed by atoms with Crippen molar-refractivity contribution in [3.63, 3.8) is 0 Å². The maximum absolute atomic E-state index is 13.0. The number of carbonyl (C=O) groups is 2. The van der Waals surface area contributed by atoms with E-state index < -0.39 is 5.91 Å². The van der Waals surface area contributed by atoms with E-state index in [1.807, 2.05) is 0 Å². The van der Waals surface area contributed by atoms with Crippen LogP contribution >= 0.6 is 0 Å². The summed E-state index contributed by atoms with van der Waals surface area (Å²) in [5.41, 5.74) is 5.56. The lowest BCUT2D eigenvalue weighted by molar-refractivity contribution is -0.147. The zero-order valence-electron chi connectivity index (χ0n) is 16.4. The van der Waals surface area contributed by atoms with Gasteiger partial charge in [-0.25, -0.2) is 0 Å². The number of primary amides is 1. The predicted molar refractivity (Wildman–Crippen MR) is 105 cm³/mol. The van der Waals surface area contributed by atoms with Crippen LogP contribution in [0.25, 0.3) is 0 Å². The third-order valence-electron chi connectivity index (χ3n) is 5.85. The quantitative estimate of drug-likeness (QED) is 0.744. The SMILES string of the molecule is CC(C)N1CCC[C@@]2(CCN(CCCOc3ccc(C(N)=O)cc3)C2)C1=O. The first kappa shape index (κ1) is 19.7. The predicted octanol–water partition coefficient (Wildman–Crippen LogP) is 2.28. The average Bonchev–Trinajstić information content (AvgIpc) is 3.05. The lowest BCUT2D eigenvalue weighted by atomic mass is 9.78. The Kier molecular flexibility index (Phi) is 6.05. The van der Waals surface area contributed by atoms with Crippen LogP contribution in [0.3, 0.4) is 0 Å². The molecule has 1 aromatic rings. The molecular weight excluding hydrogens is 342 g/mol. The van der Waals surface area contributed by atoms with Crippen molar-refractivity contribution in [1.29, 1.82) is 0 Å². The second-order valence-electron chi connectivity index (χ2n) is 8.09. The molecule has 1 aromatic carbocycles. The largest absolute Gasteiger partial charge is 0.494 e. The van der Waals surface area contributed by atoms with Crippen LogP contribution in [-0.4, -0.2) is 60.4 Å². The number of nitrogens with two attached hydrogens (primary N) is 1. The van der Waals surface area contributed by atoms with E-state index in [0.29, 0.717) is 18.1 Å². The molecule has 1 atom stereocenters. The van der Waals surface area contributed by atoms with Gasteiger partial charge in [-0.05, 0) is 70.3 Å². The molecule has 2 amide bonds. The number of carbonyl (C=O) groups excluding carboxylic acids is 2. The number of likely N-dealkylation sites (tertiary alicyclic amines) is 2. The Labute approximate surface area is 161 Å². The Balaban J connectivity index is 1.44. The molecule has 2 fully saturated rings. The van der Waals surface area contributed by atoms with Crippen molar-refractivity contribution in [2.75, 3.05) is 32.8 Å². The molecule has 2 aliphatic rings. The molecule has 0 aliphatic carbocycles. The van der Waals surface area contributed by atoms with Crippen LogP contribution in [0.2, 0.25) is 0 Å². The molecule has 0 radical (unpaired) electrons. The van der Waals surface area contributed by atoms with Gasteiger partial charge in [0.1, 0.15) is 5.75 Å². The third kappa shape index (κ3) is 4.43. The fraction of sp³-hybridized carbons (Fsp3) is 0.619. The molecule has 0 saturated carbocycles. The maximum atomic E-state index is 13.0. The zero-order chi connectivity index (χ0) is 19.4. The van der Waals surface area contributed by atoms with Crippen LogP contribution in [0.5, 0.6) is 5.75 Å². The average molecular weight is 373 g/mol. The van der Waals surface area contributed by atoms with Crippen LogP contribution in [0.1, 0.15) is 49.9 Å². The number of ether oxygens (including phenoxy) is 1. The highest BCUT2D eigenvalue weighted by molar-refractivity contribution is 5.92. The van der Waals surface area contributed by atoms with Crippen molar-refractivity contribution in [3.05, 3.63) is 29.8 Å². The minimum Gasteiger partial charge on any atom is -0.494 e. The van der Waals surface area contributed by atoms with Gasteiger partial charge in [-0.1, -0.05) is 0 Å². The van der Waals surface area contributed by atoms with E-state index in [0.717, 1.165) is 57.6 Å². The van der Waals surface area contributed by atoms with Crippen molar-refractivity contribution in [3.8, 4) is 5.75 Å². The Bertz CT molecular complexity index is 674. The number of nitrogens with zero attached hydrogens (tertiary/aromatic N) is 2. The first-order valence-corrected chi connectivity index (χ1v) is 9.97. The first-order valence-electron chi connectivity index (χ1n) is 9.97. The smallest absolute Gasteiger partial charge is 0.248 e. The second-order valence-corrected chi connectivity index (χ2v) is 8.09. The highest BCUT2D eigenvalue weighted by Crippen LogP contribution is 2.40. The number of hydrogen-bond donors (Lipinski definition) is 1. The van der Waals surface area contributed by atoms with E-state index in [1.54, 1.807) is 24.3 Å². The summed E-state index contributed by atoms with van der Waals surface area (Å²) in [7, 11) is 0. The van der Waals surface area contributed by atoms with E-state index in [9.17, 15) is 9.59 Å². The Morgan fingerprint density at radius 1 is 1.22 bits per heavy atom. The van der Waals surface area contributed by atoms with Gasteiger partial charge in [0.25, 0.3) is 0 Å². The molecule has 6 nitrogen and oxygen atoms in total. The van der Waals surface area contributed by atoms with E-state index in [4.69, 9.17) is 10.5 Å². The summed E-state index contributed by atoms with van der Waals surface area (Å²) in [5.74, 6) is 0.669. The van der Waals surface area contributed by atoms with Gasteiger partial charge in [0.2, 0.25) is 11.8 Å². The third-order valence-corrected chi connectivity index (χ3v) is 5.85. The molecule has 2 heterocycles. The summed E-state index contributed by atoms with van der Waals surface area (Å²) < 4.78 is 5.75. The highest BCUT2D eigenvalue weighted by atomic mass is 16.5. The molecule has 2 N–H and O–H groups in total. The first-order chi connectivity index (χ1) is 12.9. The minimum absolute atomic E-state index is 0.159. The van der Waals surface area contributed by atoms with Gasteiger partial charge < -0.3 is 20.3 Å². The number of piperidine rings is 1. The molecule has 6 heteroatoms. The van der Waals surface area contributed by atoms with E-state index in [1.165, 1.54) is 0 Å². The number of rotatable bonds is 7. The summed E-state index contributed by atoms with van der Waals surface area (Å²) in [6.07, 6.45) is 4.02. The number of amides is 2. The monoisotopic (exact) mass is 373 g/mol. The molecule has 27 heavy (non-hydrogen) atoms.